The van der Waals surface area contributed by atoms with E-state index < -0.39 is 0 Å². The van der Waals surface area contributed by atoms with Crippen LogP contribution < -0.4 is 5.73 Å². The van der Waals surface area contributed by atoms with Gasteiger partial charge in [0.25, 0.3) is 0 Å². The Balaban J connectivity index is 1.80. The summed E-state index contributed by atoms with van der Waals surface area (Å²) < 4.78 is 11.4. The van der Waals surface area contributed by atoms with Crippen LogP contribution in [0.15, 0.2) is 18.2 Å². The lowest BCUT2D eigenvalue weighted by Crippen LogP contribution is -2.27. The molecule has 1 aliphatic rings. The predicted molar refractivity (Wildman–Crippen MR) is 77.3 cm³/mol. The quantitative estimate of drug-likeness (QED) is 0.888. The van der Waals surface area contributed by atoms with Gasteiger partial charge in [0.2, 0.25) is 0 Å². The van der Waals surface area contributed by atoms with E-state index in [2.05, 4.69) is 32.0 Å². The van der Waals surface area contributed by atoms with Gasteiger partial charge in [0.15, 0.2) is 0 Å². The molecule has 1 saturated heterocycles. The van der Waals surface area contributed by atoms with Crippen molar-refractivity contribution in [3.8, 4) is 0 Å². The fraction of sp³-hybridized carbons (Fsp3) is 0.625. The van der Waals surface area contributed by atoms with E-state index in [9.17, 15) is 0 Å². The molecule has 2 atom stereocenters. The number of nitrogens with two attached hydrogens (primary N) is 1. The maximum atomic E-state index is 6.21. The summed E-state index contributed by atoms with van der Waals surface area (Å²) in [5.41, 5.74) is 9.87. The Bertz CT molecular complexity index is 400. The Kier molecular flexibility index (Phi) is 5.37. The maximum absolute atomic E-state index is 6.21. The van der Waals surface area contributed by atoms with Crippen LogP contribution in [0, 0.1) is 13.8 Å². The first-order valence-electron chi connectivity index (χ1n) is 7.19. The van der Waals surface area contributed by atoms with Gasteiger partial charge in [-0.05, 0) is 44.2 Å². The van der Waals surface area contributed by atoms with Crippen molar-refractivity contribution >= 4 is 0 Å². The van der Waals surface area contributed by atoms with Gasteiger partial charge in [0.05, 0.1) is 25.4 Å². The van der Waals surface area contributed by atoms with E-state index in [1.165, 1.54) is 29.5 Å². The molecule has 106 valence electrons. The van der Waals surface area contributed by atoms with Crippen molar-refractivity contribution in [1.29, 1.82) is 0 Å². The van der Waals surface area contributed by atoms with E-state index in [1.807, 2.05) is 0 Å². The normalized spacial score (nSPS) is 21.3. The zero-order valence-electron chi connectivity index (χ0n) is 12.0. The molecule has 3 heteroatoms. The summed E-state index contributed by atoms with van der Waals surface area (Å²) in [6, 6.07) is 6.33. The molecule has 0 bridgehead atoms. The minimum atomic E-state index is -0.0523. The molecular formula is C16H25NO2. The minimum Gasteiger partial charge on any atom is -0.377 e. The zero-order valence-corrected chi connectivity index (χ0v) is 12.0. The number of aryl methyl sites for hydroxylation is 2. The largest absolute Gasteiger partial charge is 0.377 e. The van der Waals surface area contributed by atoms with E-state index in [0.29, 0.717) is 13.2 Å². The third-order valence-electron chi connectivity index (χ3n) is 3.71. The van der Waals surface area contributed by atoms with Gasteiger partial charge in [-0.15, -0.1) is 0 Å². The summed E-state index contributed by atoms with van der Waals surface area (Å²) in [4.78, 5) is 0. The topological polar surface area (TPSA) is 44.5 Å². The molecule has 2 unspecified atom stereocenters. The van der Waals surface area contributed by atoms with Gasteiger partial charge in [-0.25, -0.2) is 0 Å². The molecule has 0 spiro atoms. The van der Waals surface area contributed by atoms with Gasteiger partial charge in [-0.3, -0.25) is 0 Å². The number of rotatable bonds is 5. The summed E-state index contributed by atoms with van der Waals surface area (Å²) in [5.74, 6) is 0. The van der Waals surface area contributed by atoms with Crippen molar-refractivity contribution in [1.82, 2.24) is 0 Å². The van der Waals surface area contributed by atoms with Gasteiger partial charge >= 0.3 is 0 Å². The van der Waals surface area contributed by atoms with Crippen molar-refractivity contribution in [2.24, 2.45) is 5.73 Å². The molecule has 1 fully saturated rings. The third-order valence-corrected chi connectivity index (χ3v) is 3.71. The van der Waals surface area contributed by atoms with Gasteiger partial charge in [-0.2, -0.15) is 0 Å². The number of benzene rings is 1. The average Bonchev–Trinajstić information content (AvgIpc) is 2.42. The average molecular weight is 263 g/mol. The molecule has 0 radical (unpaired) electrons. The van der Waals surface area contributed by atoms with E-state index >= 15 is 0 Å². The van der Waals surface area contributed by atoms with Crippen LogP contribution >= 0.6 is 0 Å². The number of hydrogen-bond acceptors (Lipinski definition) is 3. The molecule has 3 nitrogen and oxygen atoms in total. The predicted octanol–water partition coefficient (Wildman–Crippen LogP) is 2.89. The molecule has 1 aliphatic heterocycles. The van der Waals surface area contributed by atoms with Gasteiger partial charge in [0.1, 0.15) is 0 Å². The fourth-order valence-electron chi connectivity index (χ4n) is 2.51. The highest BCUT2D eigenvalue weighted by Gasteiger charge is 2.15. The number of ether oxygens (including phenoxy) is 2. The highest BCUT2D eigenvalue weighted by atomic mass is 16.5. The second-order valence-corrected chi connectivity index (χ2v) is 5.49. The summed E-state index contributed by atoms with van der Waals surface area (Å²) in [6.07, 6.45) is 3.80. The lowest BCUT2D eigenvalue weighted by atomic mass is 10.00. The van der Waals surface area contributed by atoms with Crippen LogP contribution in [-0.4, -0.2) is 25.9 Å². The van der Waals surface area contributed by atoms with Crippen molar-refractivity contribution in [3.05, 3.63) is 34.9 Å². The van der Waals surface area contributed by atoms with Crippen molar-refractivity contribution < 1.29 is 9.47 Å². The van der Waals surface area contributed by atoms with E-state index in [1.54, 1.807) is 0 Å². The summed E-state index contributed by atoms with van der Waals surface area (Å²) in [7, 11) is 0. The molecule has 2 rings (SSSR count). The van der Waals surface area contributed by atoms with Crippen LogP contribution in [0.4, 0.5) is 0 Å². The Morgan fingerprint density at radius 2 is 2.21 bits per heavy atom. The van der Waals surface area contributed by atoms with E-state index in [0.717, 1.165) is 13.0 Å². The standard InChI is InChI=1S/C16H25NO2/c1-12-6-7-13(2)15(9-12)16(17)11-18-10-14-5-3-4-8-19-14/h6-7,9,14,16H,3-5,8,10-11,17H2,1-2H3. The first-order valence-corrected chi connectivity index (χ1v) is 7.19. The third kappa shape index (κ3) is 4.30. The summed E-state index contributed by atoms with van der Waals surface area (Å²) in [5, 5.41) is 0. The first-order chi connectivity index (χ1) is 9.16. The Morgan fingerprint density at radius 3 is 2.95 bits per heavy atom. The lowest BCUT2D eigenvalue weighted by molar-refractivity contribution is -0.0428. The van der Waals surface area contributed by atoms with Crippen LogP contribution in [0.25, 0.3) is 0 Å². The van der Waals surface area contributed by atoms with Crippen molar-refractivity contribution in [3.63, 3.8) is 0 Å². The van der Waals surface area contributed by atoms with Gasteiger partial charge in [-0.1, -0.05) is 23.8 Å². The Hall–Kier alpha value is -0.900. The zero-order chi connectivity index (χ0) is 13.7. The SMILES string of the molecule is Cc1ccc(C)c(C(N)COCC2CCCCO2)c1. The molecule has 0 aromatic heterocycles. The Labute approximate surface area is 116 Å². The van der Waals surface area contributed by atoms with Crippen LogP contribution in [0.5, 0.6) is 0 Å². The van der Waals surface area contributed by atoms with Crippen LogP contribution in [0.3, 0.4) is 0 Å². The maximum Gasteiger partial charge on any atom is 0.0808 e. The minimum absolute atomic E-state index is 0.0523. The van der Waals surface area contributed by atoms with Crippen LogP contribution in [0.1, 0.15) is 42.0 Å². The first kappa shape index (κ1) is 14.5. The second-order valence-electron chi connectivity index (χ2n) is 5.49. The molecule has 0 amide bonds. The highest BCUT2D eigenvalue weighted by Crippen LogP contribution is 2.18. The molecule has 0 aliphatic carbocycles. The molecule has 0 saturated carbocycles. The van der Waals surface area contributed by atoms with Crippen LogP contribution in [0.2, 0.25) is 0 Å². The number of hydrogen-bond donors (Lipinski definition) is 1. The molecule has 1 aromatic rings. The molecule has 2 N–H and O–H groups in total. The van der Waals surface area contributed by atoms with E-state index in [4.69, 9.17) is 15.2 Å². The van der Waals surface area contributed by atoms with Gasteiger partial charge in [0, 0.05) is 6.61 Å². The fourth-order valence-corrected chi connectivity index (χ4v) is 2.51. The smallest absolute Gasteiger partial charge is 0.0808 e. The molecular weight excluding hydrogens is 238 g/mol. The Morgan fingerprint density at radius 1 is 1.37 bits per heavy atom. The highest BCUT2D eigenvalue weighted by molar-refractivity contribution is 5.32. The van der Waals surface area contributed by atoms with Gasteiger partial charge < -0.3 is 15.2 Å². The lowest BCUT2D eigenvalue weighted by Gasteiger charge is -2.23. The monoisotopic (exact) mass is 263 g/mol. The molecule has 19 heavy (non-hydrogen) atoms. The second kappa shape index (κ2) is 7.04. The molecule has 1 heterocycles. The van der Waals surface area contributed by atoms with E-state index in [-0.39, 0.29) is 12.1 Å². The molecule has 1 aromatic carbocycles. The van der Waals surface area contributed by atoms with Crippen molar-refractivity contribution in [2.45, 2.75) is 45.3 Å². The summed E-state index contributed by atoms with van der Waals surface area (Å²) >= 11 is 0. The van der Waals surface area contributed by atoms with Crippen molar-refractivity contribution in [2.75, 3.05) is 19.8 Å². The summed E-state index contributed by atoms with van der Waals surface area (Å²) in [6.45, 7) is 6.28. The van der Waals surface area contributed by atoms with Crippen LogP contribution in [-0.2, 0) is 9.47 Å².